The summed E-state index contributed by atoms with van der Waals surface area (Å²) in [5, 5.41) is 11.9. The number of nitrogens with zero attached hydrogens (tertiary/aromatic N) is 3. The molecule has 0 aliphatic heterocycles. The molecule has 0 aliphatic rings. The number of rotatable bonds is 9. The maximum Gasteiger partial charge on any atom is 0.234 e. The molecule has 1 heterocycles. The average Bonchev–Trinajstić information content (AvgIpc) is 3.11. The highest BCUT2D eigenvalue weighted by Gasteiger charge is 2.15. The van der Waals surface area contributed by atoms with Gasteiger partial charge in [0.2, 0.25) is 5.91 Å². The van der Waals surface area contributed by atoms with E-state index < -0.39 is 0 Å². The monoisotopic (exact) mass is 454 g/mol. The second-order valence-corrected chi connectivity index (χ2v) is 9.23. The van der Waals surface area contributed by atoms with Gasteiger partial charge in [0.1, 0.15) is 18.1 Å². The van der Waals surface area contributed by atoms with Crippen molar-refractivity contribution in [1.82, 2.24) is 14.8 Å². The van der Waals surface area contributed by atoms with E-state index in [0.29, 0.717) is 35.6 Å². The molecule has 0 fully saturated rings. The van der Waals surface area contributed by atoms with Crippen LogP contribution in [0.5, 0.6) is 11.5 Å². The summed E-state index contributed by atoms with van der Waals surface area (Å²) in [6.07, 6.45) is 0. The highest BCUT2D eigenvalue weighted by Crippen LogP contribution is 2.26. The summed E-state index contributed by atoms with van der Waals surface area (Å²) < 4.78 is 13.3. The molecule has 0 unspecified atom stereocenters. The van der Waals surface area contributed by atoms with Crippen molar-refractivity contribution in [2.45, 2.75) is 44.9 Å². The molecular weight excluding hydrogens is 424 g/mol. The highest BCUT2D eigenvalue weighted by atomic mass is 32.2. The predicted octanol–water partition coefficient (Wildman–Crippen LogP) is 4.82. The number of para-hydroxylation sites is 2. The summed E-state index contributed by atoms with van der Waals surface area (Å²) in [5.74, 6) is 2.20. The maximum atomic E-state index is 12.4. The molecular formula is C24H30N4O3S. The first kappa shape index (κ1) is 23.7. The third-order valence-corrected chi connectivity index (χ3v) is 5.83. The Labute approximate surface area is 193 Å². The Morgan fingerprint density at radius 1 is 1.06 bits per heavy atom. The molecule has 7 nitrogen and oxygen atoms in total. The van der Waals surface area contributed by atoms with Crippen LogP contribution >= 0.6 is 11.8 Å². The van der Waals surface area contributed by atoms with Gasteiger partial charge in [0, 0.05) is 7.05 Å². The third kappa shape index (κ3) is 6.26. The first-order valence-electron chi connectivity index (χ1n) is 10.5. The van der Waals surface area contributed by atoms with Gasteiger partial charge >= 0.3 is 0 Å². The normalized spacial score (nSPS) is 11.3. The smallest absolute Gasteiger partial charge is 0.234 e. The average molecular weight is 455 g/mol. The molecule has 2 aromatic carbocycles. The zero-order chi connectivity index (χ0) is 23.1. The first-order chi connectivity index (χ1) is 15.3. The first-order valence-corrected chi connectivity index (χ1v) is 11.5. The molecule has 3 aromatic rings. The Morgan fingerprint density at radius 2 is 1.78 bits per heavy atom. The van der Waals surface area contributed by atoms with Crippen LogP contribution in [-0.4, -0.2) is 33.0 Å². The van der Waals surface area contributed by atoms with Gasteiger partial charge in [-0.2, -0.15) is 0 Å². The minimum absolute atomic E-state index is 0.103. The molecule has 1 amide bonds. The van der Waals surface area contributed by atoms with Crippen molar-refractivity contribution in [3.05, 3.63) is 59.9 Å². The number of carbonyl (C=O) groups is 1. The van der Waals surface area contributed by atoms with Crippen LogP contribution in [-0.2, 0) is 23.9 Å². The van der Waals surface area contributed by atoms with E-state index in [4.69, 9.17) is 9.47 Å². The maximum absolute atomic E-state index is 12.4. The van der Waals surface area contributed by atoms with Crippen molar-refractivity contribution in [2.24, 2.45) is 7.05 Å². The molecule has 1 aromatic heterocycles. The van der Waals surface area contributed by atoms with Crippen molar-refractivity contribution >= 4 is 23.4 Å². The van der Waals surface area contributed by atoms with Crippen LogP contribution in [0.2, 0.25) is 0 Å². The number of amides is 1. The summed E-state index contributed by atoms with van der Waals surface area (Å²) in [4.78, 5) is 12.4. The van der Waals surface area contributed by atoms with E-state index in [0.717, 1.165) is 5.75 Å². The van der Waals surface area contributed by atoms with E-state index in [1.54, 1.807) is 0 Å². The quantitative estimate of drug-likeness (QED) is 0.467. The lowest BCUT2D eigenvalue weighted by Crippen LogP contribution is -2.15. The molecule has 0 spiro atoms. The SMILES string of the molecule is CCOc1ccccc1NC(=O)CSc1nnc(COc2ccc(C(C)(C)C)cc2)n1C. The number of thioether (sulfide) groups is 1. The summed E-state index contributed by atoms with van der Waals surface area (Å²) >= 11 is 1.32. The van der Waals surface area contributed by atoms with Crippen LogP contribution in [0.4, 0.5) is 5.69 Å². The summed E-state index contributed by atoms with van der Waals surface area (Å²) in [6.45, 7) is 9.28. The van der Waals surface area contributed by atoms with Crippen molar-refractivity contribution in [3.8, 4) is 11.5 Å². The molecule has 32 heavy (non-hydrogen) atoms. The molecule has 0 atom stereocenters. The highest BCUT2D eigenvalue weighted by molar-refractivity contribution is 7.99. The zero-order valence-electron chi connectivity index (χ0n) is 19.2. The number of ether oxygens (including phenoxy) is 2. The largest absolute Gasteiger partial charge is 0.492 e. The molecule has 0 radical (unpaired) electrons. The number of anilines is 1. The Bertz CT molecular complexity index is 1040. The minimum atomic E-state index is -0.137. The number of hydrogen-bond acceptors (Lipinski definition) is 6. The van der Waals surface area contributed by atoms with Gasteiger partial charge in [-0.15, -0.1) is 10.2 Å². The van der Waals surface area contributed by atoms with E-state index in [1.807, 2.05) is 54.9 Å². The van der Waals surface area contributed by atoms with E-state index in [2.05, 4.69) is 48.4 Å². The predicted molar refractivity (Wildman–Crippen MR) is 127 cm³/mol. The number of hydrogen-bond donors (Lipinski definition) is 1. The minimum Gasteiger partial charge on any atom is -0.492 e. The lowest BCUT2D eigenvalue weighted by molar-refractivity contribution is -0.113. The van der Waals surface area contributed by atoms with E-state index in [9.17, 15) is 4.79 Å². The summed E-state index contributed by atoms with van der Waals surface area (Å²) in [5.41, 5.74) is 2.01. The van der Waals surface area contributed by atoms with E-state index in [1.165, 1.54) is 17.3 Å². The zero-order valence-corrected chi connectivity index (χ0v) is 20.0. The fraction of sp³-hybridized carbons (Fsp3) is 0.375. The Balaban J connectivity index is 1.53. The molecule has 0 saturated carbocycles. The molecule has 1 N–H and O–H groups in total. The van der Waals surface area contributed by atoms with Crippen LogP contribution in [0.1, 0.15) is 39.1 Å². The van der Waals surface area contributed by atoms with Crippen LogP contribution in [0.15, 0.2) is 53.7 Å². The van der Waals surface area contributed by atoms with E-state index >= 15 is 0 Å². The van der Waals surface area contributed by atoms with Crippen LogP contribution in [0.3, 0.4) is 0 Å². The molecule has 3 rings (SSSR count). The molecule has 0 bridgehead atoms. The van der Waals surface area contributed by atoms with Crippen LogP contribution in [0.25, 0.3) is 0 Å². The summed E-state index contributed by atoms with van der Waals surface area (Å²) in [6, 6.07) is 15.5. The van der Waals surface area contributed by atoms with Gasteiger partial charge in [-0.1, -0.05) is 56.8 Å². The van der Waals surface area contributed by atoms with Crippen LogP contribution < -0.4 is 14.8 Å². The Morgan fingerprint density at radius 3 is 2.47 bits per heavy atom. The number of carbonyl (C=O) groups excluding carboxylic acids is 1. The second kappa shape index (κ2) is 10.5. The molecule has 0 aliphatic carbocycles. The number of benzene rings is 2. The molecule has 8 heteroatoms. The van der Waals surface area contributed by atoms with Gasteiger partial charge in [0.05, 0.1) is 18.0 Å². The number of aromatic nitrogens is 3. The number of nitrogens with one attached hydrogen (secondary N) is 1. The standard InChI is InChI=1S/C24H30N4O3S/c1-6-30-20-10-8-7-9-19(20)25-22(29)16-32-23-27-26-21(28(23)5)15-31-18-13-11-17(12-14-18)24(2,3)4/h7-14H,6,15-16H2,1-5H3,(H,25,29). The Kier molecular flexibility index (Phi) is 7.80. The van der Waals surface area contributed by atoms with Crippen molar-refractivity contribution in [2.75, 3.05) is 17.7 Å². The fourth-order valence-electron chi connectivity index (χ4n) is 2.96. The third-order valence-electron chi connectivity index (χ3n) is 4.81. The van der Waals surface area contributed by atoms with Crippen LogP contribution in [0, 0.1) is 0 Å². The second-order valence-electron chi connectivity index (χ2n) is 8.29. The van der Waals surface area contributed by atoms with Crippen molar-refractivity contribution in [3.63, 3.8) is 0 Å². The van der Waals surface area contributed by atoms with E-state index in [-0.39, 0.29) is 17.1 Å². The van der Waals surface area contributed by atoms with Gasteiger partial charge in [0.25, 0.3) is 0 Å². The fourth-order valence-corrected chi connectivity index (χ4v) is 3.69. The van der Waals surface area contributed by atoms with Crippen molar-refractivity contribution in [1.29, 1.82) is 0 Å². The van der Waals surface area contributed by atoms with Gasteiger partial charge in [-0.25, -0.2) is 0 Å². The van der Waals surface area contributed by atoms with Gasteiger partial charge in [-0.05, 0) is 42.2 Å². The molecule has 0 saturated heterocycles. The van der Waals surface area contributed by atoms with Crippen molar-refractivity contribution < 1.29 is 14.3 Å². The lowest BCUT2D eigenvalue weighted by atomic mass is 9.87. The van der Waals surface area contributed by atoms with Gasteiger partial charge in [0.15, 0.2) is 11.0 Å². The van der Waals surface area contributed by atoms with Gasteiger partial charge in [-0.3, -0.25) is 4.79 Å². The molecule has 170 valence electrons. The Hall–Kier alpha value is -3.00. The van der Waals surface area contributed by atoms with Gasteiger partial charge < -0.3 is 19.4 Å². The topological polar surface area (TPSA) is 78.3 Å². The lowest BCUT2D eigenvalue weighted by Gasteiger charge is -2.19. The summed E-state index contributed by atoms with van der Waals surface area (Å²) in [7, 11) is 1.87.